The van der Waals surface area contributed by atoms with E-state index in [0.717, 1.165) is 17.9 Å². The number of nitrogens with one attached hydrogen (secondary N) is 2. The van der Waals surface area contributed by atoms with Gasteiger partial charge in [-0.1, -0.05) is 0 Å². The summed E-state index contributed by atoms with van der Waals surface area (Å²) in [6, 6.07) is -0.00796. The molecule has 1 amide bonds. The molecule has 0 radical (unpaired) electrons. The maximum atomic E-state index is 12.3. The Morgan fingerprint density at radius 3 is 2.42 bits per heavy atom. The molecule has 2 heterocycles. The number of hydrogen-bond donors (Lipinski definition) is 2. The highest BCUT2D eigenvalue weighted by Gasteiger charge is 2.46. The second-order valence-corrected chi connectivity index (χ2v) is 6.49. The lowest BCUT2D eigenvalue weighted by Gasteiger charge is -2.27. The van der Waals surface area contributed by atoms with Crippen LogP contribution >= 0.6 is 0 Å². The molecule has 1 aliphatic rings. The van der Waals surface area contributed by atoms with Gasteiger partial charge in [-0.2, -0.15) is 0 Å². The minimum Gasteiger partial charge on any atom is -0.367 e. The van der Waals surface area contributed by atoms with Crippen LogP contribution in [0.3, 0.4) is 0 Å². The molecule has 5 heteroatoms. The predicted octanol–water partition coefficient (Wildman–Crippen LogP) is 2.10. The lowest BCUT2D eigenvalue weighted by molar-refractivity contribution is -0.0693. The van der Waals surface area contributed by atoms with E-state index in [1.807, 2.05) is 41.5 Å². The molecule has 0 bridgehead atoms. The summed E-state index contributed by atoms with van der Waals surface area (Å²) in [5, 5.41) is 3.05. The van der Waals surface area contributed by atoms with Crippen molar-refractivity contribution in [2.75, 3.05) is 0 Å². The van der Waals surface area contributed by atoms with Gasteiger partial charge in [0.25, 0.3) is 5.91 Å². The first kappa shape index (κ1) is 14.1. The topological polar surface area (TPSA) is 67.0 Å². The van der Waals surface area contributed by atoms with Gasteiger partial charge in [0, 0.05) is 5.69 Å². The number of imidazole rings is 1. The van der Waals surface area contributed by atoms with E-state index < -0.39 is 0 Å². The minimum atomic E-state index is -0.363. The van der Waals surface area contributed by atoms with E-state index in [1.165, 1.54) is 0 Å². The molecule has 1 aromatic rings. The Hall–Kier alpha value is -1.36. The summed E-state index contributed by atoms with van der Waals surface area (Å²) in [6.45, 7) is 11.8. The molecular formula is C14H23N3O2. The van der Waals surface area contributed by atoms with Crippen LogP contribution in [0.25, 0.3) is 0 Å². The number of nitrogens with zero attached hydrogens (tertiary/aromatic N) is 1. The Balaban J connectivity index is 2.14. The van der Waals surface area contributed by atoms with Crippen molar-refractivity contribution in [3.8, 4) is 0 Å². The lowest BCUT2D eigenvalue weighted by atomic mass is 9.94. The third-order valence-corrected chi connectivity index (χ3v) is 3.60. The molecule has 0 spiro atoms. The molecule has 0 aromatic carbocycles. The zero-order valence-corrected chi connectivity index (χ0v) is 12.5. The quantitative estimate of drug-likeness (QED) is 0.860. The molecule has 5 nitrogen and oxygen atoms in total. The number of hydrogen-bond acceptors (Lipinski definition) is 3. The Bertz CT molecular complexity index is 503. The largest absolute Gasteiger partial charge is 0.367 e. The third-order valence-electron chi connectivity index (χ3n) is 3.60. The fraction of sp³-hybridized carbons (Fsp3) is 0.714. The Kier molecular flexibility index (Phi) is 3.21. The molecule has 2 rings (SSSR count). The molecule has 1 aromatic heterocycles. The van der Waals surface area contributed by atoms with Gasteiger partial charge in [0.1, 0.15) is 11.5 Å². The number of ether oxygens (including phenoxy) is 1. The van der Waals surface area contributed by atoms with E-state index in [2.05, 4.69) is 15.3 Å². The van der Waals surface area contributed by atoms with Gasteiger partial charge < -0.3 is 15.0 Å². The highest BCUT2D eigenvalue weighted by atomic mass is 16.5. The number of aromatic nitrogens is 2. The Labute approximate surface area is 114 Å². The molecule has 0 unspecified atom stereocenters. The van der Waals surface area contributed by atoms with Crippen molar-refractivity contribution >= 4 is 5.91 Å². The van der Waals surface area contributed by atoms with Crippen molar-refractivity contribution in [3.05, 3.63) is 17.2 Å². The number of carbonyl (C=O) groups is 1. The molecule has 19 heavy (non-hydrogen) atoms. The van der Waals surface area contributed by atoms with Crippen molar-refractivity contribution in [3.63, 3.8) is 0 Å². The average Bonchev–Trinajstić information content (AvgIpc) is 2.63. The number of amides is 1. The maximum Gasteiger partial charge on any atom is 0.272 e. The van der Waals surface area contributed by atoms with Crippen molar-refractivity contribution in [2.45, 2.75) is 65.2 Å². The predicted molar refractivity (Wildman–Crippen MR) is 73.2 cm³/mol. The van der Waals surface area contributed by atoms with Gasteiger partial charge in [0.2, 0.25) is 0 Å². The van der Waals surface area contributed by atoms with Crippen LogP contribution in [0.1, 0.15) is 56.1 Å². The molecule has 1 saturated heterocycles. The molecule has 0 aliphatic carbocycles. The van der Waals surface area contributed by atoms with Crippen molar-refractivity contribution < 1.29 is 9.53 Å². The highest BCUT2D eigenvalue weighted by Crippen LogP contribution is 2.37. The van der Waals surface area contributed by atoms with E-state index >= 15 is 0 Å². The fourth-order valence-electron chi connectivity index (χ4n) is 2.84. The van der Waals surface area contributed by atoms with Gasteiger partial charge in [0.15, 0.2) is 0 Å². The summed E-state index contributed by atoms with van der Waals surface area (Å²) >= 11 is 0. The molecule has 106 valence electrons. The first-order valence-corrected chi connectivity index (χ1v) is 6.65. The van der Waals surface area contributed by atoms with Crippen LogP contribution in [-0.2, 0) is 4.74 Å². The standard InChI is InChI=1S/C14H23N3O2/c1-8-11(16-9(2)15-8)12(18)17-10-7-13(3,4)19-14(10,5)6/h10H,7H2,1-6H3,(H,15,16)(H,17,18)/t10-/m1/s1. The van der Waals surface area contributed by atoms with Gasteiger partial charge in [-0.25, -0.2) is 4.98 Å². The van der Waals surface area contributed by atoms with Gasteiger partial charge in [-0.15, -0.1) is 0 Å². The summed E-state index contributed by atoms with van der Waals surface area (Å²) in [5.41, 5.74) is 0.695. The summed E-state index contributed by atoms with van der Waals surface area (Å²) in [4.78, 5) is 19.6. The first-order valence-electron chi connectivity index (χ1n) is 6.65. The molecule has 1 atom stereocenters. The molecule has 2 N–H and O–H groups in total. The molecule has 1 fully saturated rings. The monoisotopic (exact) mass is 265 g/mol. The van der Waals surface area contributed by atoms with Gasteiger partial charge in [-0.05, 0) is 48.0 Å². The molecule has 1 aliphatic heterocycles. The number of H-pyrrole nitrogens is 1. The third kappa shape index (κ3) is 2.81. The van der Waals surface area contributed by atoms with Crippen LogP contribution in [0.4, 0.5) is 0 Å². The normalized spacial score (nSPS) is 24.4. The van der Waals surface area contributed by atoms with Crippen molar-refractivity contribution in [2.24, 2.45) is 0 Å². The van der Waals surface area contributed by atoms with E-state index in [0.29, 0.717) is 5.69 Å². The summed E-state index contributed by atoms with van der Waals surface area (Å²) in [5.74, 6) is 0.617. The average molecular weight is 265 g/mol. The van der Waals surface area contributed by atoms with Crippen LogP contribution in [0.15, 0.2) is 0 Å². The zero-order valence-electron chi connectivity index (χ0n) is 12.5. The Morgan fingerprint density at radius 2 is 2.00 bits per heavy atom. The van der Waals surface area contributed by atoms with Crippen LogP contribution in [0, 0.1) is 13.8 Å². The second kappa shape index (κ2) is 4.34. The maximum absolute atomic E-state index is 12.3. The van der Waals surface area contributed by atoms with Crippen molar-refractivity contribution in [1.29, 1.82) is 0 Å². The number of aryl methyl sites for hydroxylation is 2. The van der Waals surface area contributed by atoms with Crippen LogP contribution in [-0.4, -0.2) is 33.1 Å². The number of carbonyl (C=O) groups excluding carboxylic acids is 1. The van der Waals surface area contributed by atoms with Gasteiger partial charge in [0.05, 0.1) is 17.2 Å². The van der Waals surface area contributed by atoms with Gasteiger partial charge >= 0.3 is 0 Å². The number of aromatic amines is 1. The fourth-order valence-corrected chi connectivity index (χ4v) is 2.84. The molecule has 0 saturated carbocycles. The summed E-state index contributed by atoms with van der Waals surface area (Å²) < 4.78 is 5.98. The van der Waals surface area contributed by atoms with E-state index in [9.17, 15) is 4.79 Å². The molecular weight excluding hydrogens is 242 g/mol. The SMILES string of the molecule is Cc1nc(C(=O)N[C@@H]2CC(C)(C)OC2(C)C)c(C)[nH]1. The second-order valence-electron chi connectivity index (χ2n) is 6.49. The number of rotatable bonds is 2. The van der Waals surface area contributed by atoms with Crippen LogP contribution in [0.2, 0.25) is 0 Å². The minimum absolute atomic E-state index is 0.00796. The van der Waals surface area contributed by atoms with Gasteiger partial charge in [-0.3, -0.25) is 4.79 Å². The Morgan fingerprint density at radius 1 is 1.37 bits per heavy atom. The van der Waals surface area contributed by atoms with E-state index in [4.69, 9.17) is 4.74 Å². The summed E-state index contributed by atoms with van der Waals surface area (Å²) in [7, 11) is 0. The van der Waals surface area contributed by atoms with Crippen LogP contribution < -0.4 is 5.32 Å². The highest BCUT2D eigenvalue weighted by molar-refractivity contribution is 5.93. The lowest BCUT2D eigenvalue weighted by Crippen LogP contribution is -2.46. The zero-order chi connectivity index (χ0) is 14.4. The smallest absolute Gasteiger partial charge is 0.272 e. The summed E-state index contributed by atoms with van der Waals surface area (Å²) in [6.07, 6.45) is 0.800. The van der Waals surface area contributed by atoms with Crippen LogP contribution in [0.5, 0.6) is 0 Å². The first-order chi connectivity index (χ1) is 8.61. The van der Waals surface area contributed by atoms with E-state index in [1.54, 1.807) is 0 Å². The van der Waals surface area contributed by atoms with Crippen molar-refractivity contribution in [1.82, 2.24) is 15.3 Å². The van der Waals surface area contributed by atoms with E-state index in [-0.39, 0.29) is 23.2 Å².